The summed E-state index contributed by atoms with van der Waals surface area (Å²) in [5.41, 5.74) is 0.860. The van der Waals surface area contributed by atoms with Crippen LogP contribution in [-0.4, -0.2) is 54.5 Å². The van der Waals surface area contributed by atoms with Crippen LogP contribution in [0.5, 0.6) is 0 Å². The molecule has 0 aromatic heterocycles. The van der Waals surface area contributed by atoms with Crippen LogP contribution in [0.25, 0.3) is 0 Å². The van der Waals surface area contributed by atoms with Crippen molar-refractivity contribution in [3.63, 3.8) is 0 Å². The Morgan fingerprint density at radius 3 is 2.67 bits per heavy atom. The fourth-order valence-electron chi connectivity index (χ4n) is 3.55. The Bertz CT molecular complexity index is 619. The standard InChI is InChI=1S/C18H23ClN2O3/c1-12-4-3-9-21(10-12)18(23)17-16(20(2)15(22)11-24-17)13-5-7-14(19)8-6-13/h5-8,12,16-17H,3-4,9-11H2,1-2H3/t12-,16+,17-/m1/s1. The highest BCUT2D eigenvalue weighted by Gasteiger charge is 2.42. The molecule has 24 heavy (non-hydrogen) atoms. The maximum Gasteiger partial charge on any atom is 0.254 e. The molecule has 0 N–H and O–H groups in total. The summed E-state index contributed by atoms with van der Waals surface area (Å²) < 4.78 is 5.69. The number of likely N-dealkylation sites (N-methyl/N-ethyl adjacent to an activating group) is 1. The Labute approximate surface area is 147 Å². The summed E-state index contributed by atoms with van der Waals surface area (Å²) in [7, 11) is 1.73. The van der Waals surface area contributed by atoms with E-state index in [-0.39, 0.29) is 18.4 Å². The first-order chi connectivity index (χ1) is 11.5. The summed E-state index contributed by atoms with van der Waals surface area (Å²) in [6.45, 7) is 3.62. The molecule has 2 saturated heterocycles. The zero-order valence-corrected chi connectivity index (χ0v) is 14.8. The van der Waals surface area contributed by atoms with Gasteiger partial charge in [0.05, 0.1) is 6.04 Å². The van der Waals surface area contributed by atoms with Crippen molar-refractivity contribution in [3.8, 4) is 0 Å². The molecule has 0 spiro atoms. The molecule has 2 fully saturated rings. The molecule has 3 rings (SSSR count). The lowest BCUT2D eigenvalue weighted by Gasteiger charge is -2.41. The van der Waals surface area contributed by atoms with Gasteiger partial charge in [-0.05, 0) is 36.5 Å². The van der Waals surface area contributed by atoms with Gasteiger partial charge in [-0.15, -0.1) is 0 Å². The average molecular weight is 351 g/mol. The molecular formula is C18H23ClN2O3. The maximum absolute atomic E-state index is 13.0. The minimum absolute atomic E-state index is 0.0270. The third-order valence-electron chi connectivity index (χ3n) is 4.91. The summed E-state index contributed by atoms with van der Waals surface area (Å²) in [6.07, 6.45) is 1.49. The van der Waals surface area contributed by atoms with Crippen LogP contribution in [0.2, 0.25) is 5.02 Å². The van der Waals surface area contributed by atoms with Crippen molar-refractivity contribution >= 4 is 23.4 Å². The summed E-state index contributed by atoms with van der Waals surface area (Å²) in [5.74, 6) is 0.353. The average Bonchev–Trinajstić information content (AvgIpc) is 2.57. The number of amides is 2. The third kappa shape index (κ3) is 3.42. The SMILES string of the molecule is C[C@@H]1CCCN(C(=O)[C@@H]2OCC(=O)N(C)[C@H]2c2ccc(Cl)cc2)C1. The first kappa shape index (κ1) is 17.2. The summed E-state index contributed by atoms with van der Waals surface area (Å²) in [4.78, 5) is 28.6. The van der Waals surface area contributed by atoms with Crippen LogP contribution in [0.4, 0.5) is 0 Å². The molecule has 2 amide bonds. The number of carbonyl (C=O) groups is 2. The number of hydrogen-bond donors (Lipinski definition) is 0. The molecule has 2 heterocycles. The summed E-state index contributed by atoms with van der Waals surface area (Å²) in [5, 5.41) is 0.622. The molecule has 1 aromatic rings. The summed E-state index contributed by atoms with van der Waals surface area (Å²) in [6, 6.07) is 6.82. The molecule has 6 heteroatoms. The zero-order chi connectivity index (χ0) is 17.3. The highest BCUT2D eigenvalue weighted by molar-refractivity contribution is 6.30. The van der Waals surface area contributed by atoms with Crippen LogP contribution < -0.4 is 0 Å². The first-order valence-corrected chi connectivity index (χ1v) is 8.76. The van der Waals surface area contributed by atoms with E-state index in [1.807, 2.05) is 17.0 Å². The Kier molecular flexibility index (Phi) is 5.11. The molecule has 0 bridgehead atoms. The van der Waals surface area contributed by atoms with E-state index in [0.29, 0.717) is 10.9 Å². The third-order valence-corrected chi connectivity index (χ3v) is 5.16. The Morgan fingerprint density at radius 2 is 2.00 bits per heavy atom. The second-order valence-corrected chi connectivity index (χ2v) is 7.20. The van der Waals surface area contributed by atoms with Gasteiger partial charge in [-0.1, -0.05) is 30.7 Å². The van der Waals surface area contributed by atoms with E-state index >= 15 is 0 Å². The van der Waals surface area contributed by atoms with Gasteiger partial charge < -0.3 is 14.5 Å². The van der Waals surface area contributed by atoms with E-state index in [4.69, 9.17) is 16.3 Å². The second kappa shape index (κ2) is 7.11. The molecule has 0 unspecified atom stereocenters. The van der Waals surface area contributed by atoms with Crippen LogP contribution in [0.3, 0.4) is 0 Å². The first-order valence-electron chi connectivity index (χ1n) is 8.39. The highest BCUT2D eigenvalue weighted by Crippen LogP contribution is 2.31. The Hall–Kier alpha value is -1.59. The topological polar surface area (TPSA) is 49.9 Å². The van der Waals surface area contributed by atoms with E-state index < -0.39 is 12.1 Å². The van der Waals surface area contributed by atoms with E-state index in [0.717, 1.165) is 31.5 Å². The van der Waals surface area contributed by atoms with E-state index in [9.17, 15) is 9.59 Å². The molecule has 0 aliphatic carbocycles. The number of ether oxygens (including phenoxy) is 1. The van der Waals surface area contributed by atoms with Gasteiger partial charge in [0.25, 0.3) is 5.91 Å². The fourth-order valence-corrected chi connectivity index (χ4v) is 3.67. The van der Waals surface area contributed by atoms with Gasteiger partial charge in [0.15, 0.2) is 6.10 Å². The number of hydrogen-bond acceptors (Lipinski definition) is 3. The highest BCUT2D eigenvalue weighted by atomic mass is 35.5. The molecule has 5 nitrogen and oxygen atoms in total. The predicted molar refractivity (Wildman–Crippen MR) is 91.7 cm³/mol. The van der Waals surface area contributed by atoms with Gasteiger partial charge in [0, 0.05) is 25.2 Å². The van der Waals surface area contributed by atoms with Crippen LogP contribution in [-0.2, 0) is 14.3 Å². The van der Waals surface area contributed by atoms with Gasteiger partial charge in [-0.25, -0.2) is 0 Å². The number of piperidine rings is 1. The normalized spacial score (nSPS) is 28.1. The largest absolute Gasteiger partial charge is 0.356 e. The molecule has 0 saturated carbocycles. The quantitative estimate of drug-likeness (QED) is 0.823. The smallest absolute Gasteiger partial charge is 0.254 e. The lowest BCUT2D eigenvalue weighted by Crippen LogP contribution is -2.55. The monoisotopic (exact) mass is 350 g/mol. The lowest BCUT2D eigenvalue weighted by atomic mass is 9.95. The number of halogens is 1. The van der Waals surface area contributed by atoms with E-state index in [2.05, 4.69) is 6.92 Å². The number of morpholine rings is 1. The molecule has 130 valence electrons. The van der Waals surface area contributed by atoms with Crippen LogP contribution in [0, 0.1) is 5.92 Å². The van der Waals surface area contributed by atoms with Crippen molar-refractivity contribution in [2.75, 3.05) is 26.7 Å². The maximum atomic E-state index is 13.0. The molecule has 3 atom stereocenters. The van der Waals surface area contributed by atoms with E-state index in [1.165, 1.54) is 0 Å². The molecule has 0 radical (unpaired) electrons. The minimum Gasteiger partial charge on any atom is -0.356 e. The van der Waals surface area contributed by atoms with Gasteiger partial charge in [0.2, 0.25) is 5.91 Å². The molecular weight excluding hydrogens is 328 g/mol. The molecule has 2 aliphatic rings. The van der Waals surface area contributed by atoms with Crippen molar-refractivity contribution in [1.82, 2.24) is 9.80 Å². The van der Waals surface area contributed by atoms with Crippen molar-refractivity contribution in [1.29, 1.82) is 0 Å². The number of nitrogens with zero attached hydrogens (tertiary/aromatic N) is 2. The van der Waals surface area contributed by atoms with Gasteiger partial charge in [0.1, 0.15) is 6.61 Å². The van der Waals surface area contributed by atoms with Crippen LogP contribution in [0.15, 0.2) is 24.3 Å². The zero-order valence-electron chi connectivity index (χ0n) is 14.1. The van der Waals surface area contributed by atoms with Gasteiger partial charge in [-0.3, -0.25) is 9.59 Å². The van der Waals surface area contributed by atoms with Crippen molar-refractivity contribution in [2.45, 2.75) is 31.9 Å². The number of rotatable bonds is 2. The molecule has 2 aliphatic heterocycles. The number of benzene rings is 1. The van der Waals surface area contributed by atoms with Crippen molar-refractivity contribution in [3.05, 3.63) is 34.9 Å². The van der Waals surface area contributed by atoms with Crippen LogP contribution >= 0.6 is 11.6 Å². The van der Waals surface area contributed by atoms with E-state index in [1.54, 1.807) is 24.1 Å². The second-order valence-electron chi connectivity index (χ2n) is 6.76. The Balaban J connectivity index is 1.87. The number of carbonyl (C=O) groups excluding carboxylic acids is 2. The van der Waals surface area contributed by atoms with Crippen LogP contribution in [0.1, 0.15) is 31.4 Å². The molecule has 1 aromatic carbocycles. The lowest BCUT2D eigenvalue weighted by molar-refractivity contribution is -0.168. The summed E-state index contributed by atoms with van der Waals surface area (Å²) >= 11 is 5.97. The number of likely N-dealkylation sites (tertiary alicyclic amines) is 1. The van der Waals surface area contributed by atoms with Crippen molar-refractivity contribution < 1.29 is 14.3 Å². The predicted octanol–water partition coefficient (Wildman–Crippen LogP) is 2.50. The van der Waals surface area contributed by atoms with Gasteiger partial charge >= 0.3 is 0 Å². The Morgan fingerprint density at radius 1 is 1.29 bits per heavy atom. The fraction of sp³-hybridized carbons (Fsp3) is 0.556. The van der Waals surface area contributed by atoms with Crippen molar-refractivity contribution in [2.24, 2.45) is 5.92 Å². The van der Waals surface area contributed by atoms with Gasteiger partial charge in [-0.2, -0.15) is 0 Å². The minimum atomic E-state index is -0.667.